The molecular formula is C20H23N3O3. The molecule has 6 nitrogen and oxygen atoms in total. The van der Waals surface area contributed by atoms with Crippen LogP contribution < -0.4 is 16.6 Å². The van der Waals surface area contributed by atoms with Crippen LogP contribution in [0.15, 0.2) is 34.0 Å². The standard InChI is InChI=1S/C20H23N3O3/c1-12-7-13(2)9-15(8-12)20(5-6-20)18(25)21-10-14-11-23(16-3-4-16)19(26)22-17(14)24/h7-9,11,16H,3-6,10H2,1-2H3,(H,21,25)(H,22,24,26). The first-order valence-corrected chi connectivity index (χ1v) is 9.10. The Bertz CT molecular complexity index is 974. The Morgan fingerprint density at radius 1 is 1.19 bits per heavy atom. The lowest BCUT2D eigenvalue weighted by atomic mass is 9.92. The molecule has 4 rings (SSSR count). The Labute approximate surface area is 151 Å². The molecule has 0 unspecified atom stereocenters. The van der Waals surface area contributed by atoms with E-state index in [2.05, 4.69) is 28.5 Å². The largest absolute Gasteiger partial charge is 0.351 e. The minimum absolute atomic E-state index is 0.0499. The lowest BCUT2D eigenvalue weighted by molar-refractivity contribution is -0.123. The number of benzene rings is 1. The lowest BCUT2D eigenvalue weighted by Gasteiger charge is -2.17. The van der Waals surface area contributed by atoms with Gasteiger partial charge >= 0.3 is 5.69 Å². The van der Waals surface area contributed by atoms with Crippen LogP contribution in [0.3, 0.4) is 0 Å². The molecule has 26 heavy (non-hydrogen) atoms. The molecule has 1 amide bonds. The van der Waals surface area contributed by atoms with E-state index in [1.807, 2.05) is 13.8 Å². The molecule has 0 atom stereocenters. The molecule has 0 saturated heterocycles. The van der Waals surface area contributed by atoms with E-state index in [4.69, 9.17) is 0 Å². The first kappa shape index (κ1) is 16.8. The summed E-state index contributed by atoms with van der Waals surface area (Å²) in [5.74, 6) is -0.0499. The molecule has 1 aromatic heterocycles. The van der Waals surface area contributed by atoms with Crippen molar-refractivity contribution in [3.63, 3.8) is 0 Å². The van der Waals surface area contributed by atoms with Gasteiger partial charge in [-0.1, -0.05) is 29.3 Å². The third kappa shape index (κ3) is 3.00. The Morgan fingerprint density at radius 2 is 1.85 bits per heavy atom. The van der Waals surface area contributed by atoms with Gasteiger partial charge in [0.1, 0.15) is 0 Å². The molecule has 136 valence electrons. The second kappa shape index (κ2) is 5.97. The van der Waals surface area contributed by atoms with Gasteiger partial charge in [0, 0.05) is 18.8 Å². The Kier molecular flexibility index (Phi) is 3.86. The van der Waals surface area contributed by atoms with Gasteiger partial charge in [0.15, 0.2) is 0 Å². The average molecular weight is 353 g/mol. The minimum Gasteiger partial charge on any atom is -0.351 e. The molecule has 2 aromatic rings. The van der Waals surface area contributed by atoms with Gasteiger partial charge in [0.2, 0.25) is 5.91 Å². The van der Waals surface area contributed by atoms with Crippen molar-refractivity contribution in [2.75, 3.05) is 0 Å². The third-order valence-electron chi connectivity index (χ3n) is 5.38. The molecule has 0 bridgehead atoms. The first-order valence-electron chi connectivity index (χ1n) is 9.10. The van der Waals surface area contributed by atoms with Gasteiger partial charge in [-0.3, -0.25) is 19.1 Å². The number of nitrogens with zero attached hydrogens (tertiary/aromatic N) is 1. The highest BCUT2D eigenvalue weighted by Crippen LogP contribution is 2.48. The van der Waals surface area contributed by atoms with Crippen LogP contribution >= 0.6 is 0 Å². The second-order valence-corrected chi connectivity index (χ2v) is 7.69. The van der Waals surface area contributed by atoms with Gasteiger partial charge in [-0.05, 0) is 45.1 Å². The van der Waals surface area contributed by atoms with Crippen molar-refractivity contribution in [1.29, 1.82) is 0 Å². The maximum absolute atomic E-state index is 12.8. The molecule has 1 aromatic carbocycles. The number of carbonyl (C=O) groups is 1. The summed E-state index contributed by atoms with van der Waals surface area (Å²) in [6, 6.07) is 6.41. The van der Waals surface area contributed by atoms with Crippen molar-refractivity contribution in [2.45, 2.75) is 57.5 Å². The molecule has 2 saturated carbocycles. The number of aromatic amines is 1. The van der Waals surface area contributed by atoms with Crippen molar-refractivity contribution >= 4 is 5.91 Å². The molecule has 2 N–H and O–H groups in total. The number of hydrogen-bond donors (Lipinski definition) is 2. The van der Waals surface area contributed by atoms with E-state index in [0.29, 0.717) is 5.56 Å². The maximum atomic E-state index is 12.8. The van der Waals surface area contributed by atoms with Gasteiger partial charge in [-0.2, -0.15) is 0 Å². The smallest absolute Gasteiger partial charge is 0.328 e. The number of aryl methyl sites for hydroxylation is 2. The monoisotopic (exact) mass is 353 g/mol. The number of H-pyrrole nitrogens is 1. The minimum atomic E-state index is -0.478. The molecule has 0 spiro atoms. The fourth-order valence-corrected chi connectivity index (χ4v) is 3.64. The number of carbonyl (C=O) groups excluding carboxylic acids is 1. The molecule has 2 aliphatic rings. The summed E-state index contributed by atoms with van der Waals surface area (Å²) in [6.07, 6.45) is 5.13. The summed E-state index contributed by atoms with van der Waals surface area (Å²) in [4.78, 5) is 39.1. The van der Waals surface area contributed by atoms with Crippen LogP contribution in [-0.2, 0) is 16.8 Å². The zero-order chi connectivity index (χ0) is 18.5. The second-order valence-electron chi connectivity index (χ2n) is 7.69. The maximum Gasteiger partial charge on any atom is 0.328 e. The molecule has 6 heteroatoms. The van der Waals surface area contributed by atoms with E-state index in [0.717, 1.165) is 42.4 Å². The van der Waals surface area contributed by atoms with Crippen molar-refractivity contribution in [1.82, 2.24) is 14.9 Å². The molecule has 2 aliphatic carbocycles. The quantitative estimate of drug-likeness (QED) is 0.860. The number of hydrogen-bond acceptors (Lipinski definition) is 3. The number of rotatable bonds is 5. The fraction of sp³-hybridized carbons (Fsp3) is 0.450. The molecule has 2 fully saturated rings. The fourth-order valence-electron chi connectivity index (χ4n) is 3.64. The predicted octanol–water partition coefficient (Wildman–Crippen LogP) is 1.84. The Morgan fingerprint density at radius 3 is 2.42 bits per heavy atom. The van der Waals surface area contributed by atoms with Crippen LogP contribution in [0.1, 0.15) is 54.0 Å². The van der Waals surface area contributed by atoms with E-state index < -0.39 is 11.0 Å². The van der Waals surface area contributed by atoms with Gasteiger partial charge in [-0.15, -0.1) is 0 Å². The van der Waals surface area contributed by atoms with E-state index in [-0.39, 0.29) is 24.2 Å². The highest BCUT2D eigenvalue weighted by molar-refractivity contribution is 5.91. The van der Waals surface area contributed by atoms with Gasteiger partial charge in [0.05, 0.1) is 11.0 Å². The first-order chi connectivity index (χ1) is 12.4. The number of nitrogens with one attached hydrogen (secondary N) is 2. The van der Waals surface area contributed by atoms with Crippen molar-refractivity contribution in [3.05, 3.63) is 67.5 Å². The number of amides is 1. The molecule has 1 heterocycles. The van der Waals surface area contributed by atoms with E-state index in [9.17, 15) is 14.4 Å². The average Bonchev–Trinajstić information content (AvgIpc) is 3.45. The zero-order valence-corrected chi connectivity index (χ0v) is 15.1. The summed E-state index contributed by atoms with van der Waals surface area (Å²) in [7, 11) is 0. The predicted molar refractivity (Wildman–Crippen MR) is 98.3 cm³/mol. The van der Waals surface area contributed by atoms with Crippen molar-refractivity contribution in [3.8, 4) is 0 Å². The zero-order valence-electron chi connectivity index (χ0n) is 15.1. The van der Waals surface area contributed by atoms with E-state index in [1.54, 1.807) is 10.8 Å². The Hall–Kier alpha value is -2.63. The van der Waals surface area contributed by atoms with Crippen LogP contribution in [-0.4, -0.2) is 15.5 Å². The van der Waals surface area contributed by atoms with Crippen molar-refractivity contribution in [2.24, 2.45) is 0 Å². The summed E-state index contributed by atoms with van der Waals surface area (Å²) in [6.45, 7) is 4.20. The molecule has 0 aliphatic heterocycles. The van der Waals surface area contributed by atoms with Crippen LogP contribution in [0.4, 0.5) is 0 Å². The topological polar surface area (TPSA) is 84.0 Å². The molecular weight excluding hydrogens is 330 g/mol. The van der Waals surface area contributed by atoms with E-state index in [1.165, 1.54) is 0 Å². The highest BCUT2D eigenvalue weighted by atomic mass is 16.2. The summed E-state index contributed by atoms with van der Waals surface area (Å²) < 4.78 is 1.57. The van der Waals surface area contributed by atoms with Gasteiger partial charge in [0.25, 0.3) is 5.56 Å². The Balaban J connectivity index is 1.53. The summed E-state index contributed by atoms with van der Waals surface area (Å²) in [5, 5.41) is 2.91. The van der Waals surface area contributed by atoms with Crippen LogP contribution in [0.2, 0.25) is 0 Å². The van der Waals surface area contributed by atoms with Crippen LogP contribution in [0.25, 0.3) is 0 Å². The third-order valence-corrected chi connectivity index (χ3v) is 5.38. The van der Waals surface area contributed by atoms with Crippen LogP contribution in [0.5, 0.6) is 0 Å². The van der Waals surface area contributed by atoms with Gasteiger partial charge < -0.3 is 5.32 Å². The molecule has 0 radical (unpaired) electrons. The summed E-state index contributed by atoms with van der Waals surface area (Å²) >= 11 is 0. The highest BCUT2D eigenvalue weighted by Gasteiger charge is 2.51. The number of aromatic nitrogens is 2. The lowest BCUT2D eigenvalue weighted by Crippen LogP contribution is -2.38. The van der Waals surface area contributed by atoms with Crippen LogP contribution in [0, 0.1) is 13.8 Å². The van der Waals surface area contributed by atoms with E-state index >= 15 is 0 Å². The normalized spacial score (nSPS) is 17.8. The SMILES string of the molecule is Cc1cc(C)cc(C2(C(=O)NCc3cn(C4CC4)c(=O)[nH]c3=O)CC2)c1. The van der Waals surface area contributed by atoms with Gasteiger partial charge in [-0.25, -0.2) is 4.79 Å². The van der Waals surface area contributed by atoms with Crippen molar-refractivity contribution < 1.29 is 4.79 Å². The summed E-state index contributed by atoms with van der Waals surface area (Å²) in [5.41, 5.74) is 2.48.